The fraction of sp³-hybridized carbons (Fsp3) is 0.308. The van der Waals surface area contributed by atoms with E-state index in [4.69, 9.17) is 14.5 Å². The van der Waals surface area contributed by atoms with Crippen LogP contribution in [0.1, 0.15) is 10.6 Å². The van der Waals surface area contributed by atoms with Crippen molar-refractivity contribution in [3.8, 4) is 11.5 Å². The summed E-state index contributed by atoms with van der Waals surface area (Å²) in [5.74, 6) is 1.89. The molecule has 0 bridgehead atoms. The van der Waals surface area contributed by atoms with E-state index in [0.717, 1.165) is 45.3 Å². The molecular weight excluding hydrogens is 481 g/mol. The number of hydrogen-bond acceptors (Lipinski definition) is 8. The van der Waals surface area contributed by atoms with Crippen LogP contribution in [0.2, 0.25) is 0 Å². The van der Waals surface area contributed by atoms with Crippen molar-refractivity contribution in [2.24, 2.45) is 0 Å². The van der Waals surface area contributed by atoms with Gasteiger partial charge in [0.1, 0.15) is 34.0 Å². The molecule has 1 aliphatic heterocycles. The molecule has 0 atom stereocenters. The number of methoxy groups -OCH3 is 1. The minimum Gasteiger partial charge on any atom is -0.497 e. The summed E-state index contributed by atoms with van der Waals surface area (Å²) in [7, 11) is 1.61. The number of carbonyl (C=O) groups is 1. The summed E-state index contributed by atoms with van der Waals surface area (Å²) in [5.41, 5.74) is 1.86. The van der Waals surface area contributed by atoms with Crippen LogP contribution in [-0.2, 0) is 17.6 Å². The van der Waals surface area contributed by atoms with Crippen molar-refractivity contribution in [3.63, 3.8) is 0 Å². The molecule has 36 heavy (non-hydrogen) atoms. The van der Waals surface area contributed by atoms with E-state index in [2.05, 4.69) is 14.9 Å². The van der Waals surface area contributed by atoms with Gasteiger partial charge in [-0.05, 0) is 48.4 Å². The Balaban J connectivity index is 1.17. The normalized spacial score (nSPS) is 13.7. The summed E-state index contributed by atoms with van der Waals surface area (Å²) in [6.07, 6.45) is 3.10. The van der Waals surface area contributed by atoms with Gasteiger partial charge in [-0.1, -0.05) is 23.5 Å². The number of carbonyl (C=O) groups excluding carboxylic acids is 1. The lowest BCUT2D eigenvalue weighted by molar-refractivity contribution is -0.133. The van der Waals surface area contributed by atoms with Gasteiger partial charge in [0.05, 0.1) is 12.1 Å². The predicted octanol–water partition coefficient (Wildman–Crippen LogP) is 3.75. The van der Waals surface area contributed by atoms with Crippen LogP contribution in [-0.4, -0.2) is 65.7 Å². The van der Waals surface area contributed by atoms with Crippen LogP contribution in [0.25, 0.3) is 10.3 Å². The molecule has 0 spiro atoms. The van der Waals surface area contributed by atoms with E-state index >= 15 is 0 Å². The average Bonchev–Trinajstić information content (AvgIpc) is 3.35. The summed E-state index contributed by atoms with van der Waals surface area (Å²) in [6, 6.07) is 13.7. The van der Waals surface area contributed by atoms with Gasteiger partial charge in [0, 0.05) is 32.6 Å². The molecule has 0 saturated carbocycles. The van der Waals surface area contributed by atoms with Crippen molar-refractivity contribution < 1.29 is 18.7 Å². The maximum absolute atomic E-state index is 13.1. The molecule has 2 aromatic heterocycles. The third-order valence-electron chi connectivity index (χ3n) is 6.11. The lowest BCUT2D eigenvalue weighted by Crippen LogP contribution is -2.50. The quantitative estimate of drug-likeness (QED) is 0.359. The Morgan fingerprint density at radius 2 is 1.69 bits per heavy atom. The standard InChI is InChI=1S/C26H26FN5O3S/c1-34-20-7-9-21(10-8-20)35-16-23(33)31-12-14-32(15-13-31)25-24-26(29-17-28-25)36-22(30-24)11-4-18-2-5-19(27)6-3-18/h2-3,5-10,17H,4,11-16H2,1H3. The molecule has 5 rings (SSSR count). The highest BCUT2D eigenvalue weighted by Gasteiger charge is 2.24. The number of anilines is 1. The number of piperazine rings is 1. The van der Waals surface area contributed by atoms with Gasteiger partial charge in [-0.25, -0.2) is 19.3 Å². The van der Waals surface area contributed by atoms with Crippen LogP contribution < -0.4 is 14.4 Å². The summed E-state index contributed by atoms with van der Waals surface area (Å²) < 4.78 is 23.9. The minimum atomic E-state index is -0.231. The highest BCUT2D eigenvalue weighted by molar-refractivity contribution is 7.18. The van der Waals surface area contributed by atoms with Gasteiger partial charge in [-0.3, -0.25) is 4.79 Å². The van der Waals surface area contributed by atoms with Crippen LogP contribution in [0.5, 0.6) is 11.5 Å². The van der Waals surface area contributed by atoms with E-state index in [0.29, 0.717) is 31.9 Å². The Labute approximate surface area is 212 Å². The molecule has 0 unspecified atom stereocenters. The number of aryl methyl sites for hydroxylation is 2. The molecule has 8 nitrogen and oxygen atoms in total. The molecule has 4 aromatic rings. The van der Waals surface area contributed by atoms with Crippen LogP contribution in [0.4, 0.5) is 10.2 Å². The second kappa shape index (κ2) is 10.9. The first-order valence-electron chi connectivity index (χ1n) is 11.7. The van der Waals surface area contributed by atoms with Crippen LogP contribution in [0.3, 0.4) is 0 Å². The molecule has 0 N–H and O–H groups in total. The number of benzene rings is 2. The van der Waals surface area contributed by atoms with Gasteiger partial charge in [-0.15, -0.1) is 0 Å². The van der Waals surface area contributed by atoms with Crippen molar-refractivity contribution in [3.05, 3.63) is 71.2 Å². The predicted molar refractivity (Wildman–Crippen MR) is 136 cm³/mol. The number of thiazole rings is 1. The summed E-state index contributed by atoms with van der Waals surface area (Å²) in [5, 5.41) is 0.973. The SMILES string of the molecule is COc1ccc(OCC(=O)N2CCN(c3ncnc4sc(CCc5ccc(F)cc5)nc34)CC2)cc1. The van der Waals surface area contributed by atoms with Gasteiger partial charge in [-0.2, -0.15) is 0 Å². The first kappa shape index (κ1) is 23.9. The largest absolute Gasteiger partial charge is 0.497 e. The van der Waals surface area contributed by atoms with Gasteiger partial charge in [0.25, 0.3) is 5.91 Å². The molecule has 2 aromatic carbocycles. The van der Waals surface area contributed by atoms with Crippen molar-refractivity contribution in [1.82, 2.24) is 19.9 Å². The number of fused-ring (bicyclic) bond motifs is 1. The zero-order valence-electron chi connectivity index (χ0n) is 19.9. The summed E-state index contributed by atoms with van der Waals surface area (Å²) in [6.45, 7) is 2.47. The lowest BCUT2D eigenvalue weighted by Gasteiger charge is -2.35. The third-order valence-corrected chi connectivity index (χ3v) is 7.14. The van der Waals surface area contributed by atoms with Crippen LogP contribution in [0.15, 0.2) is 54.9 Å². The highest BCUT2D eigenvalue weighted by atomic mass is 32.1. The highest BCUT2D eigenvalue weighted by Crippen LogP contribution is 2.28. The van der Waals surface area contributed by atoms with Crippen LogP contribution in [0, 0.1) is 5.82 Å². The van der Waals surface area contributed by atoms with Crippen molar-refractivity contribution in [2.75, 3.05) is 44.8 Å². The molecule has 1 amide bonds. The molecular formula is C26H26FN5O3S. The molecule has 3 heterocycles. The van der Waals surface area contributed by atoms with Crippen molar-refractivity contribution in [1.29, 1.82) is 0 Å². The first-order valence-corrected chi connectivity index (χ1v) is 12.5. The van der Waals surface area contributed by atoms with Crippen molar-refractivity contribution in [2.45, 2.75) is 12.8 Å². The Bertz CT molecular complexity index is 1320. The van der Waals surface area contributed by atoms with Gasteiger partial charge in [0.2, 0.25) is 0 Å². The topological polar surface area (TPSA) is 80.7 Å². The maximum Gasteiger partial charge on any atom is 0.260 e. The summed E-state index contributed by atoms with van der Waals surface area (Å²) in [4.78, 5) is 31.2. The Hall–Kier alpha value is -3.79. The molecule has 1 saturated heterocycles. The summed E-state index contributed by atoms with van der Waals surface area (Å²) >= 11 is 1.56. The molecule has 0 aliphatic carbocycles. The van der Waals surface area contributed by atoms with Crippen molar-refractivity contribution >= 4 is 33.4 Å². The second-order valence-corrected chi connectivity index (χ2v) is 9.48. The van der Waals surface area contributed by atoms with E-state index in [1.165, 1.54) is 12.1 Å². The average molecular weight is 508 g/mol. The second-order valence-electron chi connectivity index (χ2n) is 8.42. The number of halogens is 1. The zero-order chi connectivity index (χ0) is 24.9. The molecule has 0 radical (unpaired) electrons. The van der Waals surface area contributed by atoms with E-state index in [1.54, 1.807) is 61.2 Å². The lowest BCUT2D eigenvalue weighted by atomic mass is 10.1. The molecule has 1 fully saturated rings. The van der Waals surface area contributed by atoms with E-state index in [-0.39, 0.29) is 18.3 Å². The van der Waals surface area contributed by atoms with Gasteiger partial charge in [0.15, 0.2) is 12.4 Å². The molecule has 1 aliphatic rings. The fourth-order valence-electron chi connectivity index (χ4n) is 4.10. The van der Waals surface area contributed by atoms with Crippen LogP contribution >= 0.6 is 11.3 Å². The van der Waals surface area contributed by atoms with E-state index in [9.17, 15) is 9.18 Å². The minimum absolute atomic E-state index is 0.00637. The Morgan fingerprint density at radius 1 is 0.972 bits per heavy atom. The smallest absolute Gasteiger partial charge is 0.260 e. The number of nitrogens with zero attached hydrogens (tertiary/aromatic N) is 5. The Kier molecular flexibility index (Phi) is 7.22. The number of ether oxygens (including phenoxy) is 2. The third kappa shape index (κ3) is 5.54. The van der Waals surface area contributed by atoms with E-state index < -0.39 is 0 Å². The van der Waals surface area contributed by atoms with Gasteiger partial charge >= 0.3 is 0 Å². The maximum atomic E-state index is 13.1. The number of hydrogen-bond donors (Lipinski definition) is 0. The fourth-order valence-corrected chi connectivity index (χ4v) is 5.00. The zero-order valence-corrected chi connectivity index (χ0v) is 20.7. The molecule has 186 valence electrons. The molecule has 10 heteroatoms. The number of rotatable bonds is 8. The van der Waals surface area contributed by atoms with Gasteiger partial charge < -0.3 is 19.3 Å². The van der Waals surface area contributed by atoms with E-state index in [1.807, 2.05) is 4.90 Å². The Morgan fingerprint density at radius 3 is 2.42 bits per heavy atom. The monoisotopic (exact) mass is 507 g/mol. The number of aromatic nitrogens is 3. The number of amides is 1. The first-order chi connectivity index (χ1) is 17.6.